The highest BCUT2D eigenvalue weighted by molar-refractivity contribution is 8.04. The van der Waals surface area contributed by atoms with E-state index in [9.17, 15) is 4.79 Å². The first kappa shape index (κ1) is 31.5. The maximum atomic E-state index is 12.7. The zero-order chi connectivity index (χ0) is 23.5. The second-order valence-corrected chi connectivity index (χ2v) is 10.5. The Balaban J connectivity index is 0.00000160. The molecule has 1 aromatic carbocycles. The Bertz CT molecular complexity index is 1190. The molecule has 4 heterocycles. The first-order valence-corrected chi connectivity index (χ1v) is 13.1. The van der Waals surface area contributed by atoms with Crippen molar-refractivity contribution in [1.82, 2.24) is 24.5 Å². The molecular formula is C27H36Cl3N5OS. The van der Waals surface area contributed by atoms with Gasteiger partial charge in [-0.05, 0) is 57.0 Å². The molecule has 0 aliphatic carbocycles. The molecule has 5 rings (SSSR count). The summed E-state index contributed by atoms with van der Waals surface area (Å²) in [5.41, 5.74) is 3.27. The van der Waals surface area contributed by atoms with Crippen LogP contribution in [0.25, 0.3) is 11.7 Å². The van der Waals surface area contributed by atoms with Crippen molar-refractivity contribution in [2.24, 2.45) is 0 Å². The van der Waals surface area contributed by atoms with Gasteiger partial charge >= 0.3 is 0 Å². The van der Waals surface area contributed by atoms with Crippen molar-refractivity contribution in [3.8, 4) is 0 Å². The lowest BCUT2D eigenvalue weighted by Gasteiger charge is -2.44. The Morgan fingerprint density at radius 3 is 2.49 bits per heavy atom. The molecule has 0 radical (unpaired) electrons. The maximum absolute atomic E-state index is 12.7. The summed E-state index contributed by atoms with van der Waals surface area (Å²) in [6.45, 7) is 9.69. The van der Waals surface area contributed by atoms with Gasteiger partial charge in [0.2, 0.25) is 0 Å². The average molecular weight is 585 g/mol. The fraction of sp³-hybridized carbons (Fsp3) is 0.407. The van der Waals surface area contributed by atoms with E-state index >= 15 is 0 Å². The van der Waals surface area contributed by atoms with Gasteiger partial charge in [-0.15, -0.1) is 37.2 Å². The number of thioether (sulfide) groups is 1. The molecule has 1 N–H and O–H groups in total. The standard InChI is InChI=1S/C27H33N5OS.3ClH/c1-20-18-31(19-22-9-4-3-5-10-22)21(2)17-30(20)14-7-6-13-28-27(33)24-15-23-16-29-25-11-8-12-26(34-24)32(23)25;;;/h3-5,8-12,15-16,20-21H,6-7,13-14,17-19H2,1-2H3,(H,28,33);3*1H/t20-,21+;;;/m1.../s1. The number of carbonyl (C=O) groups is 1. The number of rotatable bonds is 8. The highest BCUT2D eigenvalue weighted by atomic mass is 35.5. The van der Waals surface area contributed by atoms with E-state index in [2.05, 4.69) is 68.7 Å². The Kier molecular flexibility index (Phi) is 12.3. The van der Waals surface area contributed by atoms with Crippen LogP contribution in [0.1, 0.15) is 37.9 Å². The number of pyridine rings is 1. The smallest absolute Gasteiger partial charge is 0.258 e. The third-order valence-electron chi connectivity index (χ3n) is 6.87. The van der Waals surface area contributed by atoms with Gasteiger partial charge in [-0.1, -0.05) is 48.2 Å². The lowest BCUT2D eigenvalue weighted by atomic mass is 10.1. The molecule has 1 saturated heterocycles. The zero-order valence-corrected chi connectivity index (χ0v) is 24.5. The Hall–Kier alpha value is -1.74. The van der Waals surface area contributed by atoms with Crippen molar-refractivity contribution in [1.29, 1.82) is 0 Å². The third-order valence-corrected chi connectivity index (χ3v) is 7.92. The Morgan fingerprint density at radius 2 is 1.70 bits per heavy atom. The molecule has 6 nitrogen and oxygen atoms in total. The summed E-state index contributed by atoms with van der Waals surface area (Å²) in [6, 6.07) is 17.9. The minimum atomic E-state index is 0. The highest BCUT2D eigenvalue weighted by Gasteiger charge is 2.28. The van der Waals surface area contributed by atoms with Crippen LogP contribution in [0, 0.1) is 0 Å². The van der Waals surface area contributed by atoms with Crippen LogP contribution < -0.4 is 5.32 Å². The van der Waals surface area contributed by atoms with Crippen LogP contribution >= 0.6 is 49.0 Å². The summed E-state index contributed by atoms with van der Waals surface area (Å²) < 4.78 is 2.09. The van der Waals surface area contributed by atoms with Crippen molar-refractivity contribution < 1.29 is 4.79 Å². The van der Waals surface area contributed by atoms with Crippen LogP contribution in [0.3, 0.4) is 0 Å². The molecule has 202 valence electrons. The van der Waals surface area contributed by atoms with Gasteiger partial charge in [-0.3, -0.25) is 19.0 Å². The molecule has 2 atom stereocenters. The van der Waals surface area contributed by atoms with Gasteiger partial charge in [0.05, 0.1) is 21.8 Å². The lowest BCUT2D eigenvalue weighted by Crippen LogP contribution is -2.56. The van der Waals surface area contributed by atoms with E-state index in [4.69, 9.17) is 0 Å². The van der Waals surface area contributed by atoms with Crippen molar-refractivity contribution >= 4 is 66.6 Å². The second-order valence-electron chi connectivity index (χ2n) is 9.42. The first-order chi connectivity index (χ1) is 16.6. The Labute approximate surface area is 242 Å². The van der Waals surface area contributed by atoms with Gasteiger partial charge in [-0.2, -0.15) is 0 Å². The quantitative estimate of drug-likeness (QED) is 0.353. The van der Waals surface area contributed by atoms with Crippen molar-refractivity contribution in [2.45, 2.75) is 50.3 Å². The first-order valence-electron chi connectivity index (χ1n) is 12.2. The SMILES string of the molecule is C[C@@H]1CN(Cc2ccccc2)[C@@H](C)CN1CCCCNC(=O)C1=Cc2cnc3cccc(n23)S1.Cl.Cl.Cl. The van der Waals surface area contributed by atoms with Gasteiger partial charge < -0.3 is 5.32 Å². The molecule has 1 fully saturated rings. The van der Waals surface area contributed by atoms with Crippen molar-refractivity contribution in [3.05, 3.63) is 70.9 Å². The van der Waals surface area contributed by atoms with Gasteiger partial charge in [0.1, 0.15) is 5.65 Å². The molecule has 2 aromatic heterocycles. The zero-order valence-electron chi connectivity index (χ0n) is 21.2. The Morgan fingerprint density at radius 1 is 0.973 bits per heavy atom. The number of carbonyl (C=O) groups excluding carboxylic acids is 1. The number of aromatic nitrogens is 2. The summed E-state index contributed by atoms with van der Waals surface area (Å²) in [5.74, 6) is 0.00553. The fourth-order valence-electron chi connectivity index (χ4n) is 4.95. The van der Waals surface area contributed by atoms with Crippen molar-refractivity contribution in [3.63, 3.8) is 0 Å². The van der Waals surface area contributed by atoms with Crippen LogP contribution in [0.2, 0.25) is 0 Å². The minimum absolute atomic E-state index is 0. The van der Waals surface area contributed by atoms with E-state index in [1.165, 1.54) is 17.3 Å². The van der Waals surface area contributed by atoms with Crippen LogP contribution in [0.15, 0.2) is 64.7 Å². The topological polar surface area (TPSA) is 52.9 Å². The van der Waals surface area contributed by atoms with Crippen molar-refractivity contribution in [2.75, 3.05) is 26.2 Å². The van der Waals surface area contributed by atoms with Gasteiger partial charge in [-0.25, -0.2) is 4.98 Å². The molecule has 1 amide bonds. The highest BCUT2D eigenvalue weighted by Crippen LogP contribution is 2.34. The number of imidazole rings is 1. The molecule has 2 aliphatic rings. The summed E-state index contributed by atoms with van der Waals surface area (Å²) >= 11 is 1.51. The van der Waals surface area contributed by atoms with Gasteiger partial charge in [0, 0.05) is 38.3 Å². The number of halogens is 3. The average Bonchev–Trinajstić information content (AvgIpc) is 3.27. The van der Waals surface area contributed by atoms with Crippen LogP contribution in [0.4, 0.5) is 0 Å². The fourth-order valence-corrected chi connectivity index (χ4v) is 5.95. The number of nitrogens with one attached hydrogen (secondary N) is 1. The largest absolute Gasteiger partial charge is 0.352 e. The van der Waals surface area contributed by atoms with E-state index in [-0.39, 0.29) is 43.1 Å². The van der Waals surface area contributed by atoms with E-state index in [0.29, 0.717) is 18.6 Å². The predicted molar refractivity (Wildman–Crippen MR) is 160 cm³/mol. The molecule has 0 spiro atoms. The van der Waals surface area contributed by atoms with E-state index in [1.54, 1.807) is 0 Å². The minimum Gasteiger partial charge on any atom is -0.352 e. The number of nitrogens with zero attached hydrogens (tertiary/aromatic N) is 4. The summed E-state index contributed by atoms with van der Waals surface area (Å²) in [4.78, 5) is 23.1. The lowest BCUT2D eigenvalue weighted by molar-refractivity contribution is -0.116. The van der Waals surface area contributed by atoms with Crippen LogP contribution in [-0.4, -0.2) is 63.4 Å². The number of benzene rings is 1. The number of piperazine rings is 1. The summed E-state index contributed by atoms with van der Waals surface area (Å²) in [5, 5.41) is 4.15. The number of amides is 1. The second kappa shape index (κ2) is 14.4. The van der Waals surface area contributed by atoms with Crippen LogP contribution in [-0.2, 0) is 11.3 Å². The molecule has 0 bridgehead atoms. The number of hydrogen-bond acceptors (Lipinski definition) is 5. The molecule has 37 heavy (non-hydrogen) atoms. The maximum Gasteiger partial charge on any atom is 0.258 e. The number of unbranched alkanes of at least 4 members (excludes halogenated alkanes) is 1. The third kappa shape index (κ3) is 7.43. The molecule has 10 heteroatoms. The van der Waals surface area contributed by atoms with Gasteiger partial charge in [0.25, 0.3) is 5.91 Å². The van der Waals surface area contributed by atoms with E-state index in [0.717, 1.165) is 60.3 Å². The molecular weight excluding hydrogens is 549 g/mol. The summed E-state index contributed by atoms with van der Waals surface area (Å²) in [6.07, 6.45) is 5.84. The molecule has 0 saturated carbocycles. The van der Waals surface area contributed by atoms with Crippen LogP contribution in [0.5, 0.6) is 0 Å². The normalized spacial score (nSPS) is 19.2. The monoisotopic (exact) mass is 583 g/mol. The molecule has 0 unspecified atom stereocenters. The predicted octanol–water partition coefficient (Wildman–Crippen LogP) is 5.54. The number of hydrogen-bond donors (Lipinski definition) is 1. The summed E-state index contributed by atoms with van der Waals surface area (Å²) in [7, 11) is 0. The van der Waals surface area contributed by atoms with E-state index < -0.39 is 0 Å². The molecule has 3 aromatic rings. The van der Waals surface area contributed by atoms with Gasteiger partial charge in [0.15, 0.2) is 0 Å². The van der Waals surface area contributed by atoms with E-state index in [1.807, 2.05) is 30.5 Å². The molecule has 2 aliphatic heterocycles.